The Balaban J connectivity index is 2.54. The zero-order valence-electron chi connectivity index (χ0n) is 9.90. The van der Waals surface area contributed by atoms with Crippen LogP contribution in [0.3, 0.4) is 0 Å². The molecule has 0 atom stereocenters. The first-order valence-corrected chi connectivity index (χ1v) is 6.10. The summed E-state index contributed by atoms with van der Waals surface area (Å²) >= 11 is 1.67. The van der Waals surface area contributed by atoms with Gasteiger partial charge in [-0.3, -0.25) is 0 Å². The number of ether oxygens (including phenoxy) is 2. The third kappa shape index (κ3) is 2.34. The molecule has 0 N–H and O–H groups in total. The summed E-state index contributed by atoms with van der Waals surface area (Å²) in [6.07, 6.45) is 1.87. The summed E-state index contributed by atoms with van der Waals surface area (Å²) in [5.41, 5.74) is 2.24. The maximum atomic E-state index is 5.27. The topological polar surface area (TPSA) is 18.5 Å². The fourth-order valence-electron chi connectivity index (χ4n) is 1.68. The number of rotatable bonds is 4. The Labute approximate surface area is 105 Å². The van der Waals surface area contributed by atoms with Crippen LogP contribution in [0.1, 0.15) is 4.88 Å². The molecule has 0 aliphatic carbocycles. The highest BCUT2D eigenvalue weighted by Gasteiger charge is 2.08. The monoisotopic (exact) mass is 246 g/mol. The standard InChI is InChI=1S/C14H14O2S/c1-4-14-13(5-6-17-14)10-7-11(15-2)9-12(8-10)16-3/h4-9H,1H2,2-3H3. The van der Waals surface area contributed by atoms with Gasteiger partial charge in [0.1, 0.15) is 11.5 Å². The lowest BCUT2D eigenvalue weighted by molar-refractivity contribution is 0.394. The van der Waals surface area contributed by atoms with Gasteiger partial charge in [0.25, 0.3) is 0 Å². The molecule has 0 radical (unpaired) electrons. The second-order valence-electron chi connectivity index (χ2n) is 3.50. The van der Waals surface area contributed by atoms with Crippen LogP contribution in [0, 0.1) is 0 Å². The lowest BCUT2D eigenvalue weighted by atomic mass is 10.1. The van der Waals surface area contributed by atoms with Gasteiger partial charge in [-0.15, -0.1) is 11.3 Å². The van der Waals surface area contributed by atoms with E-state index in [1.54, 1.807) is 25.6 Å². The van der Waals surface area contributed by atoms with Crippen LogP contribution in [-0.4, -0.2) is 14.2 Å². The second-order valence-corrected chi connectivity index (χ2v) is 4.45. The van der Waals surface area contributed by atoms with Crippen LogP contribution in [0.25, 0.3) is 17.2 Å². The molecule has 0 saturated carbocycles. The number of hydrogen-bond acceptors (Lipinski definition) is 3. The summed E-state index contributed by atoms with van der Waals surface area (Å²) in [4.78, 5) is 1.15. The molecule has 1 aromatic heterocycles. The highest BCUT2D eigenvalue weighted by molar-refractivity contribution is 7.11. The van der Waals surface area contributed by atoms with Crippen molar-refractivity contribution in [2.24, 2.45) is 0 Å². The average molecular weight is 246 g/mol. The van der Waals surface area contributed by atoms with Crippen LogP contribution in [-0.2, 0) is 0 Å². The largest absolute Gasteiger partial charge is 0.497 e. The first kappa shape index (κ1) is 11.7. The fraction of sp³-hybridized carbons (Fsp3) is 0.143. The molecular formula is C14H14O2S. The minimum atomic E-state index is 0.792. The zero-order chi connectivity index (χ0) is 12.3. The first-order valence-electron chi connectivity index (χ1n) is 5.22. The molecular weight excluding hydrogens is 232 g/mol. The van der Waals surface area contributed by atoms with Crippen LogP contribution in [0.15, 0.2) is 36.2 Å². The fourth-order valence-corrected chi connectivity index (χ4v) is 2.44. The van der Waals surface area contributed by atoms with E-state index in [0.29, 0.717) is 0 Å². The van der Waals surface area contributed by atoms with Gasteiger partial charge in [-0.1, -0.05) is 12.7 Å². The second kappa shape index (κ2) is 5.06. The molecule has 0 fully saturated rings. The van der Waals surface area contributed by atoms with Gasteiger partial charge in [-0.25, -0.2) is 0 Å². The van der Waals surface area contributed by atoms with Crippen LogP contribution in [0.5, 0.6) is 11.5 Å². The van der Waals surface area contributed by atoms with Crippen molar-refractivity contribution >= 4 is 17.4 Å². The van der Waals surface area contributed by atoms with Gasteiger partial charge >= 0.3 is 0 Å². The molecule has 2 aromatic rings. The van der Waals surface area contributed by atoms with Crippen molar-refractivity contribution in [3.8, 4) is 22.6 Å². The Bertz CT molecular complexity index is 507. The Hall–Kier alpha value is -1.74. The van der Waals surface area contributed by atoms with Crippen LogP contribution in [0.4, 0.5) is 0 Å². The third-order valence-corrected chi connectivity index (χ3v) is 3.46. The van der Waals surface area contributed by atoms with E-state index in [1.165, 1.54) is 0 Å². The minimum Gasteiger partial charge on any atom is -0.497 e. The number of hydrogen-bond donors (Lipinski definition) is 0. The zero-order valence-corrected chi connectivity index (χ0v) is 10.7. The molecule has 2 rings (SSSR count). The SMILES string of the molecule is C=Cc1sccc1-c1cc(OC)cc(OC)c1. The number of thiophene rings is 1. The third-order valence-electron chi connectivity index (χ3n) is 2.54. The normalized spacial score (nSPS) is 10.0. The molecule has 0 saturated heterocycles. The Morgan fingerprint density at radius 2 is 1.76 bits per heavy atom. The maximum Gasteiger partial charge on any atom is 0.123 e. The Kier molecular flexibility index (Phi) is 3.49. The highest BCUT2D eigenvalue weighted by Crippen LogP contribution is 2.34. The molecule has 0 amide bonds. The summed E-state index contributed by atoms with van der Waals surface area (Å²) in [6, 6.07) is 7.94. The molecule has 0 bridgehead atoms. The van der Waals surface area contributed by atoms with Crippen LogP contribution < -0.4 is 9.47 Å². The van der Waals surface area contributed by atoms with Crippen molar-refractivity contribution in [2.75, 3.05) is 14.2 Å². The molecule has 0 unspecified atom stereocenters. The molecule has 3 heteroatoms. The van der Waals surface area contributed by atoms with Gasteiger partial charge in [0, 0.05) is 10.9 Å². The predicted molar refractivity (Wildman–Crippen MR) is 73.0 cm³/mol. The molecule has 0 aliphatic rings. The molecule has 17 heavy (non-hydrogen) atoms. The van der Waals surface area contributed by atoms with E-state index in [9.17, 15) is 0 Å². The first-order chi connectivity index (χ1) is 8.28. The summed E-state index contributed by atoms with van der Waals surface area (Å²) in [7, 11) is 3.31. The van der Waals surface area contributed by atoms with Gasteiger partial charge in [0.05, 0.1) is 14.2 Å². The summed E-state index contributed by atoms with van der Waals surface area (Å²) in [6.45, 7) is 3.82. The van der Waals surface area contributed by atoms with Gasteiger partial charge in [-0.05, 0) is 34.7 Å². The quantitative estimate of drug-likeness (QED) is 0.809. The smallest absolute Gasteiger partial charge is 0.123 e. The van der Waals surface area contributed by atoms with Crippen molar-refractivity contribution in [1.82, 2.24) is 0 Å². The van der Waals surface area contributed by atoms with E-state index in [2.05, 4.69) is 18.0 Å². The summed E-state index contributed by atoms with van der Waals surface area (Å²) < 4.78 is 10.5. The predicted octanol–water partition coefficient (Wildman–Crippen LogP) is 4.08. The molecule has 0 spiro atoms. The average Bonchev–Trinajstić information content (AvgIpc) is 2.86. The lowest BCUT2D eigenvalue weighted by Crippen LogP contribution is -1.88. The van der Waals surface area contributed by atoms with Crippen LogP contribution >= 0.6 is 11.3 Å². The van der Waals surface area contributed by atoms with Gasteiger partial charge in [0.2, 0.25) is 0 Å². The van der Waals surface area contributed by atoms with E-state index < -0.39 is 0 Å². The van der Waals surface area contributed by atoms with E-state index in [-0.39, 0.29) is 0 Å². The van der Waals surface area contributed by atoms with Crippen LogP contribution in [0.2, 0.25) is 0 Å². The molecule has 0 aliphatic heterocycles. The van der Waals surface area contributed by atoms with Crippen molar-refractivity contribution in [2.45, 2.75) is 0 Å². The van der Waals surface area contributed by atoms with E-state index in [1.807, 2.05) is 24.3 Å². The Morgan fingerprint density at radius 1 is 1.12 bits per heavy atom. The maximum absolute atomic E-state index is 5.27. The molecule has 1 aromatic carbocycles. The number of benzene rings is 1. The van der Waals surface area contributed by atoms with E-state index >= 15 is 0 Å². The number of methoxy groups -OCH3 is 2. The van der Waals surface area contributed by atoms with Gasteiger partial charge in [0.15, 0.2) is 0 Å². The minimum absolute atomic E-state index is 0.792. The molecule has 2 nitrogen and oxygen atoms in total. The van der Waals surface area contributed by atoms with E-state index in [4.69, 9.17) is 9.47 Å². The van der Waals surface area contributed by atoms with Crippen molar-refractivity contribution in [1.29, 1.82) is 0 Å². The van der Waals surface area contributed by atoms with Gasteiger partial charge < -0.3 is 9.47 Å². The highest BCUT2D eigenvalue weighted by atomic mass is 32.1. The van der Waals surface area contributed by atoms with E-state index in [0.717, 1.165) is 27.5 Å². The Morgan fingerprint density at radius 3 is 2.29 bits per heavy atom. The summed E-state index contributed by atoms with van der Waals surface area (Å²) in [5, 5.41) is 2.05. The lowest BCUT2D eigenvalue weighted by Gasteiger charge is -2.08. The summed E-state index contributed by atoms with van der Waals surface area (Å²) in [5.74, 6) is 1.58. The van der Waals surface area contributed by atoms with Crippen molar-refractivity contribution in [3.63, 3.8) is 0 Å². The molecule has 1 heterocycles. The van der Waals surface area contributed by atoms with Crippen molar-refractivity contribution < 1.29 is 9.47 Å². The molecule has 88 valence electrons. The van der Waals surface area contributed by atoms with Gasteiger partial charge in [-0.2, -0.15) is 0 Å². The van der Waals surface area contributed by atoms with Crippen molar-refractivity contribution in [3.05, 3.63) is 41.1 Å².